The fraction of sp³-hybridized carbons (Fsp3) is 0.706. The SMILES string of the molecule is CC1(O)CC(CNc2nc(Cl)nc3c2cnn3[C@@H]2O[C@H](COCP(=O)(O)O)[C@@H](O)[C@H]2O)C1. The van der Waals surface area contributed by atoms with Crippen LogP contribution >= 0.6 is 19.2 Å². The quantitative estimate of drug-likeness (QED) is 0.210. The van der Waals surface area contributed by atoms with Crippen molar-refractivity contribution in [2.45, 2.75) is 49.9 Å². The molecule has 0 aromatic carbocycles. The van der Waals surface area contributed by atoms with Gasteiger partial charge in [-0.1, -0.05) is 0 Å². The maximum Gasteiger partial charge on any atom is 0.350 e. The van der Waals surface area contributed by atoms with E-state index in [4.69, 9.17) is 30.9 Å². The van der Waals surface area contributed by atoms with Gasteiger partial charge in [0.25, 0.3) is 0 Å². The Morgan fingerprint density at radius 3 is 2.72 bits per heavy atom. The molecule has 0 spiro atoms. The van der Waals surface area contributed by atoms with E-state index >= 15 is 0 Å². The second-order valence-electron chi connectivity index (χ2n) is 8.53. The highest BCUT2D eigenvalue weighted by atomic mass is 35.5. The van der Waals surface area contributed by atoms with Crippen LogP contribution in [0.2, 0.25) is 5.28 Å². The van der Waals surface area contributed by atoms with E-state index in [1.807, 2.05) is 0 Å². The van der Waals surface area contributed by atoms with Crippen molar-refractivity contribution in [3.63, 3.8) is 0 Å². The first-order chi connectivity index (χ1) is 14.9. The molecular formula is C17H25ClN5O8P. The van der Waals surface area contributed by atoms with Crippen LogP contribution in [0, 0.1) is 5.92 Å². The van der Waals surface area contributed by atoms with Crippen LogP contribution in [0.3, 0.4) is 0 Å². The first kappa shape index (κ1) is 23.7. The van der Waals surface area contributed by atoms with Crippen molar-refractivity contribution in [3.8, 4) is 0 Å². The molecule has 0 bridgehead atoms. The Morgan fingerprint density at radius 2 is 2.06 bits per heavy atom. The molecule has 2 aliphatic rings. The number of anilines is 1. The first-order valence-electron chi connectivity index (χ1n) is 9.94. The van der Waals surface area contributed by atoms with E-state index in [1.54, 1.807) is 6.92 Å². The number of aromatic nitrogens is 4. The van der Waals surface area contributed by atoms with Gasteiger partial charge in [0, 0.05) is 6.54 Å². The Bertz CT molecular complexity index is 1020. The second-order valence-corrected chi connectivity index (χ2v) is 10.5. The zero-order valence-electron chi connectivity index (χ0n) is 17.1. The highest BCUT2D eigenvalue weighted by Crippen LogP contribution is 2.38. The topological polar surface area (TPSA) is 192 Å². The van der Waals surface area contributed by atoms with Gasteiger partial charge >= 0.3 is 7.60 Å². The van der Waals surface area contributed by atoms with Crippen molar-refractivity contribution in [3.05, 3.63) is 11.5 Å². The lowest BCUT2D eigenvalue weighted by Crippen LogP contribution is -2.43. The molecule has 1 aliphatic heterocycles. The molecule has 2 aromatic heterocycles. The molecule has 13 nitrogen and oxygen atoms in total. The van der Waals surface area contributed by atoms with E-state index < -0.39 is 44.1 Å². The van der Waals surface area contributed by atoms with Crippen molar-refractivity contribution in [2.75, 3.05) is 24.8 Å². The van der Waals surface area contributed by atoms with Gasteiger partial charge in [-0.3, -0.25) is 4.57 Å². The number of fused-ring (bicyclic) bond motifs is 1. The molecule has 1 saturated heterocycles. The molecule has 4 atom stereocenters. The highest BCUT2D eigenvalue weighted by molar-refractivity contribution is 7.51. The number of hydrogen-bond acceptors (Lipinski definition) is 10. The average molecular weight is 494 g/mol. The molecule has 4 rings (SSSR count). The minimum atomic E-state index is -4.38. The third-order valence-electron chi connectivity index (χ3n) is 5.56. The van der Waals surface area contributed by atoms with Crippen molar-refractivity contribution in [1.29, 1.82) is 0 Å². The Hall–Kier alpha value is -1.41. The number of aliphatic hydroxyl groups excluding tert-OH is 2. The number of hydrogen-bond donors (Lipinski definition) is 6. The monoisotopic (exact) mass is 493 g/mol. The summed E-state index contributed by atoms with van der Waals surface area (Å²) in [5.41, 5.74) is -0.376. The number of nitrogens with one attached hydrogen (secondary N) is 1. The molecule has 0 amide bonds. The second kappa shape index (κ2) is 8.75. The Labute approximate surface area is 187 Å². The minimum Gasteiger partial charge on any atom is -0.390 e. The first-order valence-corrected chi connectivity index (χ1v) is 12.1. The molecule has 1 saturated carbocycles. The van der Waals surface area contributed by atoms with Crippen molar-refractivity contribution < 1.29 is 39.1 Å². The van der Waals surface area contributed by atoms with Gasteiger partial charge in [-0.05, 0) is 37.3 Å². The van der Waals surface area contributed by atoms with Crippen LogP contribution < -0.4 is 5.32 Å². The average Bonchev–Trinajstić information content (AvgIpc) is 3.19. The van der Waals surface area contributed by atoms with Crippen LogP contribution in [0.5, 0.6) is 0 Å². The summed E-state index contributed by atoms with van der Waals surface area (Å²) in [4.78, 5) is 26.1. The summed E-state index contributed by atoms with van der Waals surface area (Å²) in [5.74, 6) is 0.722. The Balaban J connectivity index is 1.49. The van der Waals surface area contributed by atoms with Crippen LogP contribution in [0.25, 0.3) is 11.0 Å². The fourth-order valence-electron chi connectivity index (χ4n) is 4.15. The lowest BCUT2D eigenvalue weighted by molar-refractivity contribution is -0.0658. The molecule has 178 valence electrons. The Morgan fingerprint density at radius 1 is 1.34 bits per heavy atom. The summed E-state index contributed by atoms with van der Waals surface area (Å²) < 4.78 is 22.7. The van der Waals surface area contributed by atoms with Gasteiger partial charge in [-0.25, -0.2) is 4.68 Å². The maximum atomic E-state index is 10.9. The molecule has 2 aromatic rings. The zero-order valence-corrected chi connectivity index (χ0v) is 18.7. The van der Waals surface area contributed by atoms with Gasteiger partial charge in [-0.15, -0.1) is 0 Å². The number of ether oxygens (including phenoxy) is 2. The fourth-order valence-corrected chi connectivity index (χ4v) is 4.65. The molecule has 3 heterocycles. The number of rotatable bonds is 8. The van der Waals surface area contributed by atoms with Gasteiger partial charge in [-0.2, -0.15) is 15.1 Å². The Kier molecular flexibility index (Phi) is 6.49. The zero-order chi connectivity index (χ0) is 23.3. The van der Waals surface area contributed by atoms with Gasteiger partial charge in [0.2, 0.25) is 5.28 Å². The number of halogens is 1. The van der Waals surface area contributed by atoms with Crippen LogP contribution in [0.15, 0.2) is 6.20 Å². The van der Waals surface area contributed by atoms with Crippen molar-refractivity contribution >= 4 is 36.0 Å². The summed E-state index contributed by atoms with van der Waals surface area (Å²) in [5, 5.41) is 38.5. The third-order valence-corrected chi connectivity index (χ3v) is 6.25. The van der Waals surface area contributed by atoms with E-state index in [2.05, 4.69) is 20.4 Å². The van der Waals surface area contributed by atoms with Crippen LogP contribution in [0.1, 0.15) is 26.0 Å². The van der Waals surface area contributed by atoms with E-state index in [9.17, 15) is 19.9 Å². The van der Waals surface area contributed by atoms with Crippen LogP contribution in [-0.4, -0.2) is 88.3 Å². The molecule has 15 heteroatoms. The summed E-state index contributed by atoms with van der Waals surface area (Å²) in [6.07, 6.45) is -2.96. The van der Waals surface area contributed by atoms with Crippen molar-refractivity contribution in [1.82, 2.24) is 19.7 Å². The maximum absolute atomic E-state index is 10.9. The molecule has 1 aliphatic carbocycles. The normalized spacial score (nSPS) is 32.9. The van der Waals surface area contributed by atoms with Gasteiger partial charge < -0.3 is 39.9 Å². The summed E-state index contributed by atoms with van der Waals surface area (Å²) in [6.45, 7) is 2.02. The van der Waals surface area contributed by atoms with Gasteiger partial charge in [0.15, 0.2) is 11.9 Å². The molecule has 2 fully saturated rings. The molecule has 0 unspecified atom stereocenters. The number of nitrogens with zero attached hydrogens (tertiary/aromatic N) is 4. The lowest BCUT2D eigenvalue weighted by atomic mass is 9.72. The highest BCUT2D eigenvalue weighted by Gasteiger charge is 2.45. The summed E-state index contributed by atoms with van der Waals surface area (Å²) in [6, 6.07) is 0. The minimum absolute atomic E-state index is 0.0584. The number of aliphatic hydroxyl groups is 3. The molecular weight excluding hydrogens is 469 g/mol. The predicted octanol–water partition coefficient (Wildman–Crippen LogP) is -0.176. The molecule has 6 N–H and O–H groups in total. The summed E-state index contributed by atoms with van der Waals surface area (Å²) in [7, 11) is -4.38. The standard InChI is InChI=1S/C17H25ClN5O8P/c1-17(26)2-8(3-17)4-19-13-9-5-20-23(14(9)22-16(18)21-13)15-12(25)11(24)10(31-15)6-30-7-32(27,28)29/h5,8,10-12,15,24-26H,2-4,6-7H2,1H3,(H,19,21,22)(H2,27,28,29)/t8?,10-,11-,12-,15-,17?/m1/s1. The predicted molar refractivity (Wildman–Crippen MR) is 111 cm³/mol. The third kappa shape index (κ3) is 5.06. The van der Waals surface area contributed by atoms with E-state index in [-0.39, 0.29) is 23.5 Å². The van der Waals surface area contributed by atoms with Crippen LogP contribution in [0.4, 0.5) is 5.82 Å². The van der Waals surface area contributed by atoms with E-state index in [0.717, 1.165) is 0 Å². The molecule has 32 heavy (non-hydrogen) atoms. The van der Waals surface area contributed by atoms with Gasteiger partial charge in [0.1, 0.15) is 30.5 Å². The largest absolute Gasteiger partial charge is 0.390 e. The lowest BCUT2D eigenvalue weighted by Gasteiger charge is -2.41. The van der Waals surface area contributed by atoms with Crippen molar-refractivity contribution in [2.24, 2.45) is 5.92 Å². The van der Waals surface area contributed by atoms with E-state index in [1.165, 1.54) is 10.9 Å². The smallest absolute Gasteiger partial charge is 0.350 e. The van der Waals surface area contributed by atoms with Gasteiger partial charge in [0.05, 0.1) is 23.8 Å². The molecule has 0 radical (unpaired) electrons. The van der Waals surface area contributed by atoms with Crippen LogP contribution in [-0.2, 0) is 14.0 Å². The summed E-state index contributed by atoms with van der Waals surface area (Å²) >= 11 is 6.08. The van der Waals surface area contributed by atoms with E-state index in [0.29, 0.717) is 30.6 Å².